The number of anilines is 2. The van der Waals surface area contributed by atoms with Gasteiger partial charge in [0.05, 0.1) is 15.6 Å². The molecule has 1 heterocycles. The van der Waals surface area contributed by atoms with Gasteiger partial charge in [-0.05, 0) is 30.3 Å². The number of benzene rings is 2. The van der Waals surface area contributed by atoms with Crippen LogP contribution in [0.4, 0.5) is 16.5 Å². The molecule has 0 spiro atoms. The molecule has 12 nitrogen and oxygen atoms in total. The highest BCUT2D eigenvalue weighted by Gasteiger charge is 2.22. The first-order valence-corrected chi connectivity index (χ1v) is 13.8. The van der Waals surface area contributed by atoms with E-state index in [1.54, 1.807) is 19.9 Å². The van der Waals surface area contributed by atoms with Crippen molar-refractivity contribution in [1.82, 2.24) is 14.5 Å². The van der Waals surface area contributed by atoms with Crippen molar-refractivity contribution in [3.05, 3.63) is 64.2 Å². The largest absolute Gasteiger partial charge is 0.325 e. The zero-order valence-corrected chi connectivity index (χ0v) is 21.7. The summed E-state index contributed by atoms with van der Waals surface area (Å²) in [6.07, 6.45) is 0. The van der Waals surface area contributed by atoms with Gasteiger partial charge in [-0.2, -0.15) is 4.31 Å². The fourth-order valence-electron chi connectivity index (χ4n) is 3.00. The fourth-order valence-corrected chi connectivity index (χ4v) is 6.01. The summed E-state index contributed by atoms with van der Waals surface area (Å²) in [6.45, 7) is 4.19. The van der Waals surface area contributed by atoms with Crippen molar-refractivity contribution in [3.63, 3.8) is 0 Å². The number of hydrogen-bond donors (Lipinski definition) is 2. The first-order chi connectivity index (χ1) is 17.1. The zero-order chi connectivity index (χ0) is 26.3. The van der Waals surface area contributed by atoms with Crippen LogP contribution in [0.2, 0.25) is 0 Å². The second-order valence-corrected chi connectivity index (χ2v) is 11.2. The van der Waals surface area contributed by atoms with Gasteiger partial charge in [-0.3, -0.25) is 25.0 Å². The molecule has 0 aliphatic carbocycles. The number of carbonyl (C=O) groups excluding carboxylic acids is 2. The molecule has 0 fully saturated rings. The van der Waals surface area contributed by atoms with E-state index >= 15 is 0 Å². The number of amides is 2. The van der Waals surface area contributed by atoms with Crippen molar-refractivity contribution in [2.45, 2.75) is 23.1 Å². The molecule has 0 aliphatic heterocycles. The number of nitro groups is 1. The van der Waals surface area contributed by atoms with Gasteiger partial charge in [0.25, 0.3) is 11.6 Å². The van der Waals surface area contributed by atoms with Crippen molar-refractivity contribution in [2.24, 2.45) is 0 Å². The maximum absolute atomic E-state index is 12.6. The molecule has 2 amide bonds. The minimum absolute atomic E-state index is 0.0201. The number of rotatable bonds is 11. The van der Waals surface area contributed by atoms with Crippen LogP contribution in [-0.2, 0) is 14.8 Å². The molecular formula is C21H22N6O6S3. The molecule has 36 heavy (non-hydrogen) atoms. The molecule has 2 N–H and O–H groups in total. The van der Waals surface area contributed by atoms with Crippen LogP contribution in [0.3, 0.4) is 0 Å². The van der Waals surface area contributed by atoms with Gasteiger partial charge in [-0.25, -0.2) is 8.42 Å². The lowest BCUT2D eigenvalue weighted by Gasteiger charge is -2.18. The molecule has 0 radical (unpaired) electrons. The second kappa shape index (κ2) is 12.0. The molecule has 0 unspecified atom stereocenters. The smallest absolute Gasteiger partial charge is 0.271 e. The van der Waals surface area contributed by atoms with Gasteiger partial charge >= 0.3 is 0 Å². The maximum atomic E-state index is 12.6. The highest BCUT2D eigenvalue weighted by molar-refractivity contribution is 8.01. The molecule has 15 heteroatoms. The highest BCUT2D eigenvalue weighted by atomic mass is 32.2. The third-order valence-corrected chi connectivity index (χ3v) is 8.79. The fraction of sp³-hybridized carbons (Fsp3) is 0.238. The van der Waals surface area contributed by atoms with Crippen molar-refractivity contribution < 1.29 is 22.9 Å². The van der Waals surface area contributed by atoms with Crippen LogP contribution in [0.15, 0.2) is 57.8 Å². The van der Waals surface area contributed by atoms with Crippen LogP contribution in [0.1, 0.15) is 24.2 Å². The second-order valence-electron chi connectivity index (χ2n) is 7.09. The Bertz CT molecular complexity index is 1360. The third kappa shape index (κ3) is 6.84. The minimum Gasteiger partial charge on any atom is -0.325 e. The Morgan fingerprint density at radius 3 is 2.42 bits per heavy atom. The quantitative estimate of drug-likeness (QED) is 0.157. The molecule has 0 aliphatic rings. The summed E-state index contributed by atoms with van der Waals surface area (Å²) in [5.41, 5.74) is 0.412. The Morgan fingerprint density at radius 1 is 1.08 bits per heavy atom. The monoisotopic (exact) mass is 550 g/mol. The van der Waals surface area contributed by atoms with E-state index in [9.17, 15) is 28.1 Å². The summed E-state index contributed by atoms with van der Waals surface area (Å²) in [5.74, 6) is -0.896. The lowest BCUT2D eigenvalue weighted by atomic mass is 10.2. The molecular weight excluding hydrogens is 528 g/mol. The standard InChI is InChI=1S/C21H22N6O6S3/c1-3-26(4-2)36(32,33)17-10-8-14(9-11-17)19(29)23-20-24-25-21(35-20)34-13-18(28)22-15-6-5-7-16(12-15)27(30)31/h5-12H,3-4,13H2,1-2H3,(H,22,28)(H,23,24,29). The van der Waals surface area contributed by atoms with Gasteiger partial charge in [-0.1, -0.05) is 43.0 Å². The lowest BCUT2D eigenvalue weighted by Crippen LogP contribution is -2.30. The van der Waals surface area contributed by atoms with Crippen LogP contribution in [0.25, 0.3) is 0 Å². The van der Waals surface area contributed by atoms with Crippen LogP contribution >= 0.6 is 23.1 Å². The van der Waals surface area contributed by atoms with E-state index in [1.807, 2.05) is 0 Å². The summed E-state index contributed by atoms with van der Waals surface area (Å²) >= 11 is 2.15. The Morgan fingerprint density at radius 2 is 1.78 bits per heavy atom. The van der Waals surface area contributed by atoms with Crippen LogP contribution in [0, 0.1) is 10.1 Å². The van der Waals surface area contributed by atoms with Crippen molar-refractivity contribution in [2.75, 3.05) is 29.5 Å². The van der Waals surface area contributed by atoms with Crippen LogP contribution in [0.5, 0.6) is 0 Å². The van der Waals surface area contributed by atoms with E-state index in [4.69, 9.17) is 0 Å². The van der Waals surface area contributed by atoms with Gasteiger partial charge in [0.15, 0.2) is 4.34 Å². The predicted molar refractivity (Wildman–Crippen MR) is 137 cm³/mol. The Labute approximate surface area is 215 Å². The topological polar surface area (TPSA) is 165 Å². The summed E-state index contributed by atoms with van der Waals surface area (Å²) in [5, 5.41) is 24.0. The number of sulfonamides is 1. The maximum Gasteiger partial charge on any atom is 0.271 e. The Hall–Kier alpha value is -3.40. The molecule has 3 rings (SSSR count). The van der Waals surface area contributed by atoms with E-state index in [2.05, 4.69) is 20.8 Å². The Kier molecular flexibility index (Phi) is 9.08. The number of nitro benzene ring substituents is 1. The van der Waals surface area contributed by atoms with Gasteiger partial charge in [0.2, 0.25) is 21.1 Å². The van der Waals surface area contributed by atoms with Gasteiger partial charge in [-0.15, -0.1) is 10.2 Å². The number of aromatic nitrogens is 2. The van der Waals surface area contributed by atoms with E-state index in [1.165, 1.54) is 46.8 Å². The molecule has 190 valence electrons. The minimum atomic E-state index is -3.62. The number of non-ortho nitro benzene ring substituents is 1. The van der Waals surface area contributed by atoms with E-state index in [0.717, 1.165) is 23.1 Å². The Balaban J connectivity index is 1.55. The summed E-state index contributed by atoms with van der Waals surface area (Å²) < 4.78 is 26.9. The number of carbonyl (C=O) groups is 2. The van der Waals surface area contributed by atoms with Crippen LogP contribution in [-0.4, -0.2) is 58.5 Å². The summed E-state index contributed by atoms with van der Waals surface area (Å²) in [4.78, 5) is 35.1. The van der Waals surface area contributed by atoms with Gasteiger partial charge < -0.3 is 5.32 Å². The molecule has 3 aromatic rings. The van der Waals surface area contributed by atoms with Crippen molar-refractivity contribution >= 4 is 61.4 Å². The number of nitrogens with one attached hydrogen (secondary N) is 2. The molecule has 2 aromatic carbocycles. The summed E-state index contributed by atoms with van der Waals surface area (Å²) in [6, 6.07) is 11.2. The molecule has 1 aromatic heterocycles. The first kappa shape index (κ1) is 27.2. The summed E-state index contributed by atoms with van der Waals surface area (Å²) in [7, 11) is -3.62. The lowest BCUT2D eigenvalue weighted by molar-refractivity contribution is -0.384. The zero-order valence-electron chi connectivity index (χ0n) is 19.2. The number of hydrogen-bond acceptors (Lipinski definition) is 10. The molecule has 0 saturated carbocycles. The van der Waals surface area contributed by atoms with Crippen molar-refractivity contribution in [1.29, 1.82) is 0 Å². The average Bonchev–Trinajstić information content (AvgIpc) is 3.30. The SMILES string of the molecule is CCN(CC)S(=O)(=O)c1ccc(C(=O)Nc2nnc(SCC(=O)Nc3cccc([N+](=O)[O-])c3)s2)cc1. The molecule has 0 saturated heterocycles. The van der Waals surface area contributed by atoms with E-state index < -0.39 is 20.9 Å². The highest BCUT2D eigenvalue weighted by Crippen LogP contribution is 2.26. The van der Waals surface area contributed by atoms with Gasteiger partial charge in [0, 0.05) is 36.5 Å². The molecule has 0 atom stereocenters. The number of thioether (sulfide) groups is 1. The van der Waals surface area contributed by atoms with E-state index in [0.29, 0.717) is 23.1 Å². The third-order valence-electron chi connectivity index (χ3n) is 4.75. The van der Waals surface area contributed by atoms with Crippen molar-refractivity contribution in [3.8, 4) is 0 Å². The predicted octanol–water partition coefficient (Wildman–Crippen LogP) is 3.46. The van der Waals surface area contributed by atoms with E-state index in [-0.39, 0.29) is 32.9 Å². The molecule has 0 bridgehead atoms. The first-order valence-electron chi connectivity index (χ1n) is 10.6. The van der Waals surface area contributed by atoms with Crippen LogP contribution < -0.4 is 10.6 Å². The average molecular weight is 551 g/mol. The number of nitrogens with zero attached hydrogens (tertiary/aromatic N) is 4. The van der Waals surface area contributed by atoms with Gasteiger partial charge in [0.1, 0.15) is 0 Å². The normalized spacial score (nSPS) is 11.3.